The molecule has 2 rings (SSSR count). The molecular formula is C14H17F3N2O2. The van der Waals surface area contributed by atoms with Gasteiger partial charge in [-0.2, -0.15) is 13.2 Å². The van der Waals surface area contributed by atoms with Crippen molar-refractivity contribution in [2.75, 3.05) is 11.4 Å². The second-order valence-electron chi connectivity index (χ2n) is 5.10. The molecule has 7 heteroatoms. The van der Waals surface area contributed by atoms with Crippen molar-refractivity contribution in [3.8, 4) is 0 Å². The van der Waals surface area contributed by atoms with Gasteiger partial charge in [-0.3, -0.25) is 4.90 Å². The molecule has 0 aliphatic carbocycles. The molecule has 1 heterocycles. The lowest BCUT2D eigenvalue weighted by molar-refractivity contribution is -0.138. The van der Waals surface area contributed by atoms with Crippen molar-refractivity contribution in [1.82, 2.24) is 0 Å². The maximum Gasteiger partial charge on any atom is 0.416 e. The van der Waals surface area contributed by atoms with Gasteiger partial charge < -0.3 is 10.8 Å². The third-order valence-corrected chi connectivity index (χ3v) is 3.76. The van der Waals surface area contributed by atoms with Gasteiger partial charge in [-0.1, -0.05) is 13.0 Å². The molecule has 21 heavy (non-hydrogen) atoms. The number of rotatable bonds is 1. The van der Waals surface area contributed by atoms with E-state index in [2.05, 4.69) is 0 Å². The first-order chi connectivity index (χ1) is 9.75. The zero-order valence-corrected chi connectivity index (χ0v) is 11.6. The van der Waals surface area contributed by atoms with E-state index in [-0.39, 0.29) is 24.2 Å². The zero-order valence-electron chi connectivity index (χ0n) is 11.6. The molecule has 0 radical (unpaired) electrons. The maximum atomic E-state index is 13.1. The van der Waals surface area contributed by atoms with Gasteiger partial charge in [0.15, 0.2) is 0 Å². The van der Waals surface area contributed by atoms with Crippen molar-refractivity contribution in [2.24, 2.45) is 5.73 Å². The van der Waals surface area contributed by atoms with Crippen molar-refractivity contribution >= 4 is 11.8 Å². The molecule has 116 valence electrons. The lowest BCUT2D eigenvalue weighted by atomic mass is 9.95. The Morgan fingerprint density at radius 1 is 1.48 bits per heavy atom. The van der Waals surface area contributed by atoms with Crippen LogP contribution in [-0.2, 0) is 12.6 Å². The summed E-state index contributed by atoms with van der Waals surface area (Å²) in [6.07, 6.45) is -4.50. The number of benzene rings is 1. The Kier molecular flexibility index (Phi) is 4.13. The number of alkyl halides is 3. The number of nitrogens with two attached hydrogens (primary N) is 1. The van der Waals surface area contributed by atoms with Crippen LogP contribution >= 0.6 is 0 Å². The number of carboxylic acid groups (broad SMARTS) is 1. The van der Waals surface area contributed by atoms with Gasteiger partial charge in [-0.05, 0) is 36.5 Å². The van der Waals surface area contributed by atoms with E-state index >= 15 is 0 Å². The summed E-state index contributed by atoms with van der Waals surface area (Å²) in [4.78, 5) is 12.3. The van der Waals surface area contributed by atoms with Crippen LogP contribution in [0.2, 0.25) is 0 Å². The van der Waals surface area contributed by atoms with Crippen molar-refractivity contribution in [3.63, 3.8) is 0 Å². The predicted octanol–water partition coefficient (Wildman–Crippen LogP) is 3.55. The largest absolute Gasteiger partial charge is 0.465 e. The molecule has 0 saturated carbocycles. The Labute approximate surface area is 120 Å². The van der Waals surface area contributed by atoms with Gasteiger partial charge in [-0.25, -0.2) is 4.79 Å². The van der Waals surface area contributed by atoms with Crippen LogP contribution in [0, 0.1) is 0 Å². The summed E-state index contributed by atoms with van der Waals surface area (Å²) in [5.41, 5.74) is 5.87. The average molecular weight is 302 g/mol. The van der Waals surface area contributed by atoms with E-state index in [0.29, 0.717) is 18.4 Å². The van der Waals surface area contributed by atoms with Gasteiger partial charge in [0.25, 0.3) is 0 Å². The highest BCUT2D eigenvalue weighted by Crippen LogP contribution is 2.40. The number of nitrogens with zero attached hydrogens (tertiary/aromatic N) is 1. The Morgan fingerprint density at radius 2 is 2.14 bits per heavy atom. The van der Waals surface area contributed by atoms with Crippen LogP contribution in [0.15, 0.2) is 12.1 Å². The Bertz CT molecular complexity index is 558. The highest BCUT2D eigenvalue weighted by molar-refractivity contribution is 5.88. The molecule has 0 aromatic heterocycles. The number of halogens is 3. The number of hydrogen-bond donors (Lipinski definition) is 2. The summed E-state index contributed by atoms with van der Waals surface area (Å²) >= 11 is 0. The topological polar surface area (TPSA) is 66.6 Å². The third-order valence-electron chi connectivity index (χ3n) is 3.76. The molecule has 0 bridgehead atoms. The van der Waals surface area contributed by atoms with Gasteiger partial charge in [0, 0.05) is 12.6 Å². The second kappa shape index (κ2) is 5.55. The molecule has 1 atom stereocenters. The van der Waals surface area contributed by atoms with Gasteiger partial charge >= 0.3 is 12.3 Å². The lowest BCUT2D eigenvalue weighted by Crippen LogP contribution is -2.30. The summed E-state index contributed by atoms with van der Waals surface area (Å²) in [5, 5.41) is 9.22. The fourth-order valence-corrected chi connectivity index (χ4v) is 2.68. The Hall–Kier alpha value is -1.76. The first-order valence-corrected chi connectivity index (χ1v) is 6.75. The summed E-state index contributed by atoms with van der Waals surface area (Å²) in [5.74, 6) is 0. The number of amides is 1. The molecule has 1 aromatic carbocycles. The Morgan fingerprint density at radius 3 is 2.67 bits per heavy atom. The number of carbonyl (C=O) groups is 1. The molecule has 1 aliphatic rings. The molecule has 0 fully saturated rings. The highest BCUT2D eigenvalue weighted by Gasteiger charge is 2.36. The van der Waals surface area contributed by atoms with Gasteiger partial charge in [0.05, 0.1) is 11.3 Å². The van der Waals surface area contributed by atoms with Crippen LogP contribution in [0.3, 0.4) is 0 Å². The highest BCUT2D eigenvalue weighted by atomic mass is 19.4. The van der Waals surface area contributed by atoms with Crippen LogP contribution in [-0.4, -0.2) is 17.7 Å². The quantitative estimate of drug-likeness (QED) is 0.833. The van der Waals surface area contributed by atoms with Crippen molar-refractivity contribution in [2.45, 2.75) is 38.4 Å². The molecule has 0 saturated heterocycles. The number of aryl methyl sites for hydroxylation is 1. The predicted molar refractivity (Wildman–Crippen MR) is 72.4 cm³/mol. The lowest BCUT2D eigenvalue weighted by Gasteiger charge is -2.23. The average Bonchev–Trinajstić information content (AvgIpc) is 2.55. The zero-order chi connectivity index (χ0) is 15.8. The SMILES string of the molecule is CCc1cc2c(cc1C(F)(F)F)N(C(=O)O)CCC[C@@H]2N. The van der Waals surface area contributed by atoms with Crippen molar-refractivity contribution in [3.05, 3.63) is 28.8 Å². The van der Waals surface area contributed by atoms with E-state index in [0.717, 1.165) is 11.0 Å². The van der Waals surface area contributed by atoms with E-state index in [4.69, 9.17) is 5.73 Å². The maximum absolute atomic E-state index is 13.1. The number of fused-ring (bicyclic) bond motifs is 1. The standard InChI is InChI=1S/C14H17F3N2O2/c1-2-8-6-9-11(18)4-3-5-19(13(20)21)12(9)7-10(8)14(15,16)17/h6-7,11H,2-5,18H2,1H3,(H,20,21)/t11-/m0/s1. The second-order valence-corrected chi connectivity index (χ2v) is 5.10. The molecule has 1 aromatic rings. The van der Waals surface area contributed by atoms with Gasteiger partial charge in [-0.15, -0.1) is 0 Å². The van der Waals surface area contributed by atoms with E-state index in [1.54, 1.807) is 6.92 Å². The minimum Gasteiger partial charge on any atom is -0.465 e. The smallest absolute Gasteiger partial charge is 0.416 e. The van der Waals surface area contributed by atoms with Crippen LogP contribution in [0.4, 0.5) is 23.7 Å². The van der Waals surface area contributed by atoms with Crippen molar-refractivity contribution < 1.29 is 23.1 Å². The van der Waals surface area contributed by atoms with Crippen LogP contribution in [0.25, 0.3) is 0 Å². The minimum absolute atomic E-state index is 0.0528. The molecule has 1 amide bonds. The normalized spacial score (nSPS) is 19.1. The summed E-state index contributed by atoms with van der Waals surface area (Å²) in [7, 11) is 0. The summed E-state index contributed by atoms with van der Waals surface area (Å²) in [6.45, 7) is 1.78. The van der Waals surface area contributed by atoms with Crippen LogP contribution in [0.1, 0.15) is 42.5 Å². The van der Waals surface area contributed by atoms with E-state index in [1.165, 1.54) is 6.07 Å². The van der Waals surface area contributed by atoms with Gasteiger partial charge in [0.2, 0.25) is 0 Å². The molecule has 3 N–H and O–H groups in total. The molecule has 0 spiro atoms. The Balaban J connectivity index is 2.68. The molecular weight excluding hydrogens is 285 g/mol. The van der Waals surface area contributed by atoms with Crippen LogP contribution < -0.4 is 10.6 Å². The molecule has 4 nitrogen and oxygen atoms in total. The van der Waals surface area contributed by atoms with E-state index in [9.17, 15) is 23.1 Å². The van der Waals surface area contributed by atoms with Crippen molar-refractivity contribution in [1.29, 1.82) is 0 Å². The first-order valence-electron chi connectivity index (χ1n) is 6.75. The summed E-state index contributed by atoms with van der Waals surface area (Å²) < 4.78 is 39.4. The third kappa shape index (κ3) is 2.97. The summed E-state index contributed by atoms with van der Waals surface area (Å²) in [6, 6.07) is 1.88. The monoisotopic (exact) mass is 302 g/mol. The van der Waals surface area contributed by atoms with E-state index in [1.807, 2.05) is 0 Å². The fraction of sp³-hybridized carbons (Fsp3) is 0.500. The number of hydrogen-bond acceptors (Lipinski definition) is 2. The minimum atomic E-state index is -4.51. The first kappa shape index (κ1) is 15.6. The number of anilines is 1. The molecule has 1 aliphatic heterocycles. The van der Waals surface area contributed by atoms with E-state index < -0.39 is 23.9 Å². The van der Waals surface area contributed by atoms with Crippen LogP contribution in [0.5, 0.6) is 0 Å². The fourth-order valence-electron chi connectivity index (χ4n) is 2.68. The van der Waals surface area contributed by atoms with Gasteiger partial charge in [0.1, 0.15) is 0 Å². The molecule has 0 unspecified atom stereocenters.